The second-order valence-corrected chi connectivity index (χ2v) is 9.43. The predicted octanol–water partition coefficient (Wildman–Crippen LogP) is 9.62. The Bertz CT molecular complexity index is 964. The van der Waals surface area contributed by atoms with Crippen LogP contribution in [0.25, 0.3) is 10.8 Å². The van der Waals surface area contributed by atoms with E-state index in [0.717, 1.165) is 36.1 Å². The van der Waals surface area contributed by atoms with E-state index in [1.54, 1.807) is 12.1 Å². The van der Waals surface area contributed by atoms with E-state index < -0.39 is 0 Å². The molecule has 0 N–H and O–H groups in total. The van der Waals surface area contributed by atoms with Gasteiger partial charge >= 0.3 is 0 Å². The highest BCUT2D eigenvalue weighted by molar-refractivity contribution is 5.91. The van der Waals surface area contributed by atoms with Gasteiger partial charge in [-0.1, -0.05) is 120 Å². The van der Waals surface area contributed by atoms with Crippen LogP contribution in [0.4, 0.5) is 4.39 Å². The number of fused-ring (bicyclic) bond motifs is 1. The summed E-state index contributed by atoms with van der Waals surface area (Å²) < 4.78 is 20.4. The van der Waals surface area contributed by atoms with Crippen molar-refractivity contribution in [2.75, 3.05) is 6.61 Å². The summed E-state index contributed by atoms with van der Waals surface area (Å²) in [5, 5.41) is 2.36. The number of unbranched alkanes of at least 4 members (excludes halogenated alkanes) is 9. The van der Waals surface area contributed by atoms with Crippen LogP contribution in [0.1, 0.15) is 95.1 Å². The third kappa shape index (κ3) is 7.88. The Morgan fingerprint density at radius 1 is 0.697 bits per heavy atom. The van der Waals surface area contributed by atoms with Crippen LogP contribution in [-0.2, 0) is 6.42 Å². The summed E-state index contributed by atoms with van der Waals surface area (Å²) in [6, 6.07) is 19.8. The second kappa shape index (κ2) is 14.0. The first-order chi connectivity index (χ1) is 16.2. The molecule has 0 aliphatic carbocycles. The van der Waals surface area contributed by atoms with Gasteiger partial charge in [0.1, 0.15) is 11.6 Å². The van der Waals surface area contributed by atoms with Gasteiger partial charge < -0.3 is 4.74 Å². The fourth-order valence-electron chi connectivity index (χ4n) is 4.72. The van der Waals surface area contributed by atoms with Gasteiger partial charge in [0.2, 0.25) is 0 Å². The van der Waals surface area contributed by atoms with E-state index in [1.807, 2.05) is 12.1 Å². The Morgan fingerprint density at radius 3 is 2.00 bits per heavy atom. The van der Waals surface area contributed by atoms with Crippen molar-refractivity contribution in [2.24, 2.45) is 0 Å². The van der Waals surface area contributed by atoms with Crippen LogP contribution in [0.3, 0.4) is 0 Å². The van der Waals surface area contributed by atoms with E-state index in [0.29, 0.717) is 0 Å². The molecule has 178 valence electrons. The Balaban J connectivity index is 1.49. The molecule has 0 radical (unpaired) electrons. The summed E-state index contributed by atoms with van der Waals surface area (Å²) in [6.07, 6.45) is 14.1. The minimum atomic E-state index is -0.120. The standard InChI is InChI=1S/C31H41FO/c1-3-4-5-6-7-8-9-10-11-16-23-33-31-22-21-26(28-18-12-13-19-29(28)31)24-25(2)27-17-14-15-20-30(27)32/h12-15,17-22,25H,3-11,16,23-24H2,1-2H3. The smallest absolute Gasteiger partial charge is 0.127 e. The lowest BCUT2D eigenvalue weighted by molar-refractivity contribution is 0.307. The van der Waals surface area contributed by atoms with Crippen LogP contribution >= 0.6 is 0 Å². The highest BCUT2D eigenvalue weighted by atomic mass is 19.1. The molecule has 0 bridgehead atoms. The molecule has 1 nitrogen and oxygen atoms in total. The fraction of sp³-hybridized carbons (Fsp3) is 0.484. The van der Waals surface area contributed by atoms with Crippen LogP contribution in [-0.4, -0.2) is 6.61 Å². The van der Waals surface area contributed by atoms with Crippen LogP contribution in [0.5, 0.6) is 5.75 Å². The lowest BCUT2D eigenvalue weighted by Gasteiger charge is -2.16. The molecule has 0 saturated carbocycles. The molecule has 0 aliphatic heterocycles. The molecule has 3 aromatic carbocycles. The maximum absolute atomic E-state index is 14.2. The third-order valence-corrected chi connectivity index (χ3v) is 6.69. The Hall–Kier alpha value is -2.35. The number of halogens is 1. The largest absolute Gasteiger partial charge is 0.493 e. The Kier molecular flexibility index (Phi) is 10.7. The number of hydrogen-bond donors (Lipinski definition) is 0. The maximum atomic E-state index is 14.2. The molecule has 1 atom stereocenters. The highest BCUT2D eigenvalue weighted by Gasteiger charge is 2.14. The van der Waals surface area contributed by atoms with Crippen molar-refractivity contribution in [1.82, 2.24) is 0 Å². The summed E-state index contributed by atoms with van der Waals surface area (Å²) in [5.74, 6) is 0.961. The summed E-state index contributed by atoms with van der Waals surface area (Å²) in [7, 11) is 0. The lowest BCUT2D eigenvalue weighted by atomic mass is 9.90. The Labute approximate surface area is 200 Å². The van der Waals surface area contributed by atoms with E-state index in [-0.39, 0.29) is 11.7 Å². The van der Waals surface area contributed by atoms with Crippen LogP contribution in [0.15, 0.2) is 60.7 Å². The average molecular weight is 449 g/mol. The van der Waals surface area contributed by atoms with Gasteiger partial charge in [0.15, 0.2) is 0 Å². The quantitative estimate of drug-likeness (QED) is 0.210. The number of ether oxygens (including phenoxy) is 1. The van der Waals surface area contributed by atoms with E-state index in [1.165, 1.54) is 68.7 Å². The molecular weight excluding hydrogens is 407 g/mol. The first-order valence-corrected chi connectivity index (χ1v) is 13.1. The van der Waals surface area contributed by atoms with E-state index in [9.17, 15) is 4.39 Å². The average Bonchev–Trinajstić information content (AvgIpc) is 2.84. The second-order valence-electron chi connectivity index (χ2n) is 9.43. The third-order valence-electron chi connectivity index (χ3n) is 6.69. The molecule has 0 spiro atoms. The molecule has 1 unspecified atom stereocenters. The first kappa shape index (κ1) is 25.3. The lowest BCUT2D eigenvalue weighted by Crippen LogP contribution is -2.03. The molecule has 0 aromatic heterocycles. The number of rotatable bonds is 15. The zero-order valence-corrected chi connectivity index (χ0v) is 20.6. The fourth-order valence-corrected chi connectivity index (χ4v) is 4.72. The monoisotopic (exact) mass is 448 g/mol. The number of benzene rings is 3. The SMILES string of the molecule is CCCCCCCCCCCCOc1ccc(CC(C)c2ccccc2F)c2ccccc12. The van der Waals surface area contributed by atoms with Crippen LogP contribution in [0.2, 0.25) is 0 Å². The van der Waals surface area contributed by atoms with E-state index in [4.69, 9.17) is 4.74 Å². The van der Waals surface area contributed by atoms with Crippen LogP contribution < -0.4 is 4.74 Å². The molecule has 3 rings (SSSR count). The van der Waals surface area contributed by atoms with Crippen LogP contribution in [0, 0.1) is 5.82 Å². The first-order valence-electron chi connectivity index (χ1n) is 13.1. The summed E-state index contributed by atoms with van der Waals surface area (Å²) in [6.45, 7) is 5.14. The van der Waals surface area contributed by atoms with Gasteiger partial charge in [-0.3, -0.25) is 0 Å². The van der Waals surface area contributed by atoms with Crippen molar-refractivity contribution in [3.8, 4) is 5.75 Å². The molecule has 0 amide bonds. The van der Waals surface area contributed by atoms with Gasteiger partial charge in [-0.25, -0.2) is 4.39 Å². The van der Waals surface area contributed by atoms with Gasteiger partial charge in [0, 0.05) is 5.39 Å². The summed E-state index contributed by atoms with van der Waals surface area (Å²) >= 11 is 0. The predicted molar refractivity (Wildman–Crippen MR) is 140 cm³/mol. The van der Waals surface area contributed by atoms with Crippen molar-refractivity contribution in [3.05, 3.63) is 77.6 Å². The molecule has 0 fully saturated rings. The zero-order valence-electron chi connectivity index (χ0n) is 20.6. The molecule has 0 heterocycles. The van der Waals surface area contributed by atoms with Crippen molar-refractivity contribution in [3.63, 3.8) is 0 Å². The number of hydrogen-bond acceptors (Lipinski definition) is 1. The molecular formula is C31H41FO. The highest BCUT2D eigenvalue weighted by Crippen LogP contribution is 2.32. The molecule has 33 heavy (non-hydrogen) atoms. The minimum Gasteiger partial charge on any atom is -0.493 e. The van der Waals surface area contributed by atoms with Crippen molar-refractivity contribution in [1.29, 1.82) is 0 Å². The van der Waals surface area contributed by atoms with E-state index in [2.05, 4.69) is 50.2 Å². The molecule has 0 aliphatic rings. The topological polar surface area (TPSA) is 9.23 Å². The van der Waals surface area contributed by atoms with Crippen molar-refractivity contribution < 1.29 is 9.13 Å². The summed E-state index contributed by atoms with van der Waals surface area (Å²) in [4.78, 5) is 0. The van der Waals surface area contributed by atoms with Gasteiger partial charge in [0.05, 0.1) is 6.61 Å². The maximum Gasteiger partial charge on any atom is 0.127 e. The van der Waals surface area contributed by atoms with Crippen molar-refractivity contribution in [2.45, 2.75) is 90.4 Å². The van der Waals surface area contributed by atoms with Gasteiger partial charge in [0.25, 0.3) is 0 Å². The van der Waals surface area contributed by atoms with Gasteiger partial charge in [-0.15, -0.1) is 0 Å². The molecule has 0 saturated heterocycles. The van der Waals surface area contributed by atoms with Gasteiger partial charge in [-0.05, 0) is 47.4 Å². The minimum absolute atomic E-state index is 0.119. The van der Waals surface area contributed by atoms with E-state index >= 15 is 0 Å². The summed E-state index contributed by atoms with van der Waals surface area (Å²) in [5.41, 5.74) is 2.02. The molecule has 2 heteroatoms. The Morgan fingerprint density at radius 2 is 1.30 bits per heavy atom. The molecule has 3 aromatic rings. The van der Waals surface area contributed by atoms with Crippen molar-refractivity contribution >= 4 is 10.8 Å². The zero-order chi connectivity index (χ0) is 23.3. The van der Waals surface area contributed by atoms with Gasteiger partial charge in [-0.2, -0.15) is 0 Å². The normalized spacial score (nSPS) is 12.2.